The second-order valence-corrected chi connectivity index (χ2v) is 5.81. The second-order valence-electron chi connectivity index (χ2n) is 5.81. The Morgan fingerprint density at radius 3 is 2.35 bits per heavy atom. The van der Waals surface area contributed by atoms with Crippen LogP contribution in [0.3, 0.4) is 0 Å². The molecule has 3 heteroatoms. The number of benzene rings is 1. The maximum atomic E-state index is 8.88. The number of nitriles is 1. The minimum Gasteiger partial charge on any atom is -0.328 e. The molecule has 1 aliphatic carbocycles. The Labute approximate surface area is 122 Å². The predicted octanol–water partition coefficient (Wildman–Crippen LogP) is 3.21. The average molecular weight is 271 g/mol. The molecule has 108 valence electrons. The van der Waals surface area contributed by atoms with E-state index in [9.17, 15) is 0 Å². The number of nitrogens with two attached hydrogens (primary N) is 1. The minimum absolute atomic E-state index is 0.395. The lowest BCUT2D eigenvalue weighted by Gasteiger charge is -2.39. The van der Waals surface area contributed by atoms with E-state index in [2.05, 4.69) is 36.9 Å². The molecule has 0 amide bonds. The highest BCUT2D eigenvalue weighted by Crippen LogP contribution is 2.29. The number of rotatable bonds is 4. The molecule has 0 spiro atoms. The van der Waals surface area contributed by atoms with Crippen LogP contribution in [0.4, 0.5) is 0 Å². The first kappa shape index (κ1) is 15.0. The molecule has 0 heterocycles. The fraction of sp³-hybridized carbons (Fsp3) is 0.588. The van der Waals surface area contributed by atoms with Crippen molar-refractivity contribution in [2.45, 2.75) is 57.7 Å². The molecular weight excluding hydrogens is 246 g/mol. The van der Waals surface area contributed by atoms with Crippen LogP contribution in [0, 0.1) is 11.3 Å². The normalized spacial score (nSPS) is 24.4. The van der Waals surface area contributed by atoms with Crippen LogP contribution in [0.15, 0.2) is 24.3 Å². The summed E-state index contributed by atoms with van der Waals surface area (Å²) >= 11 is 0. The number of hydrogen-bond acceptors (Lipinski definition) is 3. The lowest BCUT2D eigenvalue weighted by Crippen LogP contribution is -2.42. The topological polar surface area (TPSA) is 53.0 Å². The van der Waals surface area contributed by atoms with Gasteiger partial charge in [-0.1, -0.05) is 19.1 Å². The zero-order chi connectivity index (χ0) is 14.5. The first-order chi connectivity index (χ1) is 9.65. The molecule has 0 radical (unpaired) electrons. The summed E-state index contributed by atoms with van der Waals surface area (Å²) in [7, 11) is 0. The van der Waals surface area contributed by atoms with Gasteiger partial charge in [0.1, 0.15) is 0 Å². The van der Waals surface area contributed by atoms with Gasteiger partial charge in [0.25, 0.3) is 0 Å². The van der Waals surface area contributed by atoms with Gasteiger partial charge < -0.3 is 5.73 Å². The van der Waals surface area contributed by atoms with Crippen molar-refractivity contribution in [1.29, 1.82) is 5.26 Å². The molecule has 1 aromatic carbocycles. The lowest BCUT2D eigenvalue weighted by atomic mass is 9.89. The number of nitrogens with zero attached hydrogens (tertiary/aromatic N) is 2. The Morgan fingerprint density at radius 1 is 1.25 bits per heavy atom. The Bertz CT molecular complexity index is 452. The van der Waals surface area contributed by atoms with Crippen molar-refractivity contribution in [1.82, 2.24) is 4.90 Å². The van der Waals surface area contributed by atoms with Crippen LogP contribution in [-0.2, 0) is 0 Å². The van der Waals surface area contributed by atoms with Crippen LogP contribution in [0.25, 0.3) is 0 Å². The molecule has 0 saturated heterocycles. The van der Waals surface area contributed by atoms with Crippen LogP contribution in [-0.4, -0.2) is 23.5 Å². The maximum Gasteiger partial charge on any atom is 0.0991 e. The SMILES string of the molecule is CCN(C1CCC(N)CC1)C(C)c1ccc(C#N)cc1. The van der Waals surface area contributed by atoms with Crippen molar-refractivity contribution >= 4 is 0 Å². The second kappa shape index (κ2) is 6.88. The molecule has 20 heavy (non-hydrogen) atoms. The third kappa shape index (κ3) is 3.39. The molecule has 0 aliphatic heterocycles. The summed E-state index contributed by atoms with van der Waals surface area (Å²) in [6.45, 7) is 5.55. The van der Waals surface area contributed by atoms with E-state index < -0.39 is 0 Å². The molecule has 2 rings (SSSR count). The van der Waals surface area contributed by atoms with Crippen molar-refractivity contribution in [2.75, 3.05) is 6.54 Å². The molecule has 0 bridgehead atoms. The highest BCUT2D eigenvalue weighted by Gasteiger charge is 2.26. The number of hydrogen-bond donors (Lipinski definition) is 1. The van der Waals surface area contributed by atoms with Gasteiger partial charge in [-0.15, -0.1) is 0 Å². The fourth-order valence-electron chi connectivity index (χ4n) is 3.31. The van der Waals surface area contributed by atoms with Crippen molar-refractivity contribution in [3.8, 4) is 6.07 Å². The van der Waals surface area contributed by atoms with Gasteiger partial charge in [0.15, 0.2) is 0 Å². The molecule has 0 aromatic heterocycles. The van der Waals surface area contributed by atoms with Gasteiger partial charge in [-0.3, -0.25) is 4.90 Å². The van der Waals surface area contributed by atoms with E-state index >= 15 is 0 Å². The molecule has 1 unspecified atom stereocenters. The molecule has 1 saturated carbocycles. The minimum atomic E-state index is 0.395. The van der Waals surface area contributed by atoms with Gasteiger partial charge in [-0.05, 0) is 56.8 Å². The largest absolute Gasteiger partial charge is 0.328 e. The molecule has 2 N–H and O–H groups in total. The first-order valence-corrected chi connectivity index (χ1v) is 7.67. The summed E-state index contributed by atoms with van der Waals surface area (Å²) in [5, 5.41) is 8.88. The molecule has 3 nitrogen and oxygen atoms in total. The Balaban J connectivity index is 2.08. The van der Waals surface area contributed by atoms with Gasteiger partial charge in [0.05, 0.1) is 11.6 Å². The van der Waals surface area contributed by atoms with Crippen molar-refractivity contribution < 1.29 is 0 Å². The smallest absolute Gasteiger partial charge is 0.0991 e. The Hall–Kier alpha value is -1.37. The van der Waals surface area contributed by atoms with E-state index in [0.29, 0.717) is 18.1 Å². The van der Waals surface area contributed by atoms with Crippen LogP contribution < -0.4 is 5.73 Å². The molecule has 1 atom stereocenters. The van der Waals surface area contributed by atoms with E-state index in [1.165, 1.54) is 18.4 Å². The van der Waals surface area contributed by atoms with E-state index in [1.54, 1.807) is 0 Å². The summed E-state index contributed by atoms with van der Waals surface area (Å²) in [5.74, 6) is 0. The zero-order valence-electron chi connectivity index (χ0n) is 12.5. The van der Waals surface area contributed by atoms with Crippen LogP contribution in [0.2, 0.25) is 0 Å². The monoisotopic (exact) mass is 271 g/mol. The summed E-state index contributed by atoms with van der Waals surface area (Å²) in [6, 6.07) is 11.6. The van der Waals surface area contributed by atoms with Crippen LogP contribution >= 0.6 is 0 Å². The third-order valence-electron chi connectivity index (χ3n) is 4.60. The maximum absolute atomic E-state index is 8.88. The van der Waals surface area contributed by atoms with E-state index in [-0.39, 0.29) is 0 Å². The Kier molecular flexibility index (Phi) is 5.17. The van der Waals surface area contributed by atoms with Crippen LogP contribution in [0.5, 0.6) is 0 Å². The van der Waals surface area contributed by atoms with Crippen molar-refractivity contribution in [2.24, 2.45) is 5.73 Å². The Morgan fingerprint density at radius 2 is 1.85 bits per heavy atom. The third-order valence-corrected chi connectivity index (χ3v) is 4.60. The highest BCUT2D eigenvalue weighted by molar-refractivity contribution is 5.32. The van der Waals surface area contributed by atoms with Gasteiger partial charge in [-0.2, -0.15) is 5.26 Å². The van der Waals surface area contributed by atoms with Gasteiger partial charge in [0, 0.05) is 18.1 Å². The summed E-state index contributed by atoms with van der Waals surface area (Å²) in [6.07, 6.45) is 4.69. The lowest BCUT2D eigenvalue weighted by molar-refractivity contribution is 0.114. The van der Waals surface area contributed by atoms with E-state index in [1.807, 2.05) is 12.1 Å². The van der Waals surface area contributed by atoms with Crippen molar-refractivity contribution in [3.63, 3.8) is 0 Å². The molecular formula is C17H25N3. The van der Waals surface area contributed by atoms with E-state index in [4.69, 9.17) is 11.0 Å². The zero-order valence-corrected chi connectivity index (χ0v) is 12.5. The standard InChI is InChI=1S/C17H25N3/c1-3-20(17-10-8-16(19)9-11-17)13(2)15-6-4-14(12-18)5-7-15/h4-7,13,16-17H,3,8-11,19H2,1-2H3. The molecule has 1 fully saturated rings. The van der Waals surface area contributed by atoms with Crippen LogP contribution in [0.1, 0.15) is 56.7 Å². The summed E-state index contributed by atoms with van der Waals surface area (Å²) in [5.41, 5.74) is 8.03. The average Bonchev–Trinajstić information content (AvgIpc) is 2.50. The first-order valence-electron chi connectivity index (χ1n) is 7.67. The molecule has 1 aliphatic rings. The predicted molar refractivity (Wildman–Crippen MR) is 82.2 cm³/mol. The fourth-order valence-corrected chi connectivity index (χ4v) is 3.31. The summed E-state index contributed by atoms with van der Waals surface area (Å²) in [4.78, 5) is 2.58. The van der Waals surface area contributed by atoms with E-state index in [0.717, 1.165) is 24.9 Å². The van der Waals surface area contributed by atoms with Crippen molar-refractivity contribution in [3.05, 3.63) is 35.4 Å². The quantitative estimate of drug-likeness (QED) is 0.915. The van der Waals surface area contributed by atoms with Gasteiger partial charge >= 0.3 is 0 Å². The highest BCUT2D eigenvalue weighted by atomic mass is 15.2. The summed E-state index contributed by atoms with van der Waals surface area (Å²) < 4.78 is 0. The van der Waals surface area contributed by atoms with Gasteiger partial charge in [-0.25, -0.2) is 0 Å². The van der Waals surface area contributed by atoms with Gasteiger partial charge in [0.2, 0.25) is 0 Å². The molecule has 1 aromatic rings.